The molecule has 0 spiro atoms. The van der Waals surface area contributed by atoms with Gasteiger partial charge in [0, 0.05) is 11.5 Å². The number of nitrogens with zero attached hydrogens (tertiary/aromatic N) is 2. The number of carbonyl (C=O) groups is 1. The summed E-state index contributed by atoms with van der Waals surface area (Å²) in [5.41, 5.74) is 5.28. The van der Waals surface area contributed by atoms with Crippen LogP contribution in [0.1, 0.15) is 5.82 Å². The van der Waals surface area contributed by atoms with Crippen LogP contribution < -0.4 is 11.1 Å². The van der Waals surface area contributed by atoms with Crippen molar-refractivity contribution in [2.24, 2.45) is 0 Å². The molecule has 54 valence electrons. The lowest BCUT2D eigenvalue weighted by Crippen LogP contribution is -2.10. The van der Waals surface area contributed by atoms with Crippen LogP contribution in [0, 0.1) is 0 Å². The second-order valence-corrected chi connectivity index (χ2v) is 2.33. The van der Waals surface area contributed by atoms with Gasteiger partial charge in [0.2, 0.25) is 6.41 Å². The van der Waals surface area contributed by atoms with E-state index in [2.05, 4.69) is 14.7 Å². The zero-order chi connectivity index (χ0) is 7.40. The zero-order valence-electron chi connectivity index (χ0n) is 5.07. The van der Waals surface area contributed by atoms with Gasteiger partial charge in [0.05, 0.1) is 6.54 Å². The van der Waals surface area contributed by atoms with Crippen LogP contribution in [0.3, 0.4) is 0 Å². The van der Waals surface area contributed by atoms with Crippen molar-refractivity contribution in [1.82, 2.24) is 14.7 Å². The van der Waals surface area contributed by atoms with Crippen molar-refractivity contribution in [3.05, 3.63) is 5.82 Å². The Morgan fingerprint density at radius 1 is 1.80 bits per heavy atom. The minimum atomic E-state index is 0.344. The molecule has 3 N–H and O–H groups in total. The van der Waals surface area contributed by atoms with Crippen molar-refractivity contribution < 1.29 is 4.79 Å². The number of hydrogen-bond acceptors (Lipinski definition) is 5. The van der Waals surface area contributed by atoms with Crippen LogP contribution in [0.4, 0.5) is 5.13 Å². The van der Waals surface area contributed by atoms with Crippen molar-refractivity contribution in [3.8, 4) is 0 Å². The lowest BCUT2D eigenvalue weighted by Gasteiger charge is -1.88. The van der Waals surface area contributed by atoms with Crippen molar-refractivity contribution in [2.45, 2.75) is 6.54 Å². The summed E-state index contributed by atoms with van der Waals surface area (Å²) in [5, 5.41) is 2.84. The number of hydrogen-bond donors (Lipinski definition) is 2. The van der Waals surface area contributed by atoms with Crippen LogP contribution in [0.25, 0.3) is 0 Å². The molecule has 0 bridgehead atoms. The van der Waals surface area contributed by atoms with Gasteiger partial charge in [-0.1, -0.05) is 0 Å². The molecule has 5 nitrogen and oxygen atoms in total. The number of nitrogens with one attached hydrogen (secondary N) is 1. The molecule has 1 aromatic heterocycles. The summed E-state index contributed by atoms with van der Waals surface area (Å²) < 4.78 is 3.84. The van der Waals surface area contributed by atoms with Crippen LogP contribution in [-0.2, 0) is 11.3 Å². The smallest absolute Gasteiger partial charge is 0.207 e. The molecule has 1 amide bonds. The van der Waals surface area contributed by atoms with Gasteiger partial charge in [0.25, 0.3) is 0 Å². The molecular formula is C4H6N4OS. The highest BCUT2D eigenvalue weighted by molar-refractivity contribution is 7.09. The maximum atomic E-state index is 9.79. The highest BCUT2D eigenvalue weighted by Gasteiger charge is 1.97. The van der Waals surface area contributed by atoms with Gasteiger partial charge in [-0.2, -0.15) is 4.37 Å². The third-order valence-corrected chi connectivity index (χ3v) is 1.41. The molecule has 0 saturated heterocycles. The number of nitrogen functional groups attached to an aromatic ring is 1. The maximum absolute atomic E-state index is 9.79. The SMILES string of the molecule is Nc1nc(CNC=O)ns1. The molecule has 0 saturated carbocycles. The molecule has 0 aliphatic carbocycles. The van der Waals surface area contributed by atoms with Crippen LogP contribution in [0.2, 0.25) is 0 Å². The van der Waals surface area contributed by atoms with Gasteiger partial charge in [-0.25, -0.2) is 4.98 Å². The number of anilines is 1. The Morgan fingerprint density at radius 2 is 2.60 bits per heavy atom. The summed E-state index contributed by atoms with van der Waals surface area (Å²) in [5.74, 6) is 0.551. The molecule has 1 rings (SSSR count). The Labute approximate surface area is 61.4 Å². The van der Waals surface area contributed by atoms with E-state index in [9.17, 15) is 4.79 Å². The predicted molar refractivity (Wildman–Crippen MR) is 37.2 cm³/mol. The van der Waals surface area contributed by atoms with Crippen LogP contribution >= 0.6 is 11.5 Å². The molecule has 6 heteroatoms. The number of aromatic nitrogens is 2. The number of rotatable bonds is 3. The normalized spacial score (nSPS) is 9.20. The summed E-state index contributed by atoms with van der Waals surface area (Å²) in [6.07, 6.45) is 0.594. The fraction of sp³-hybridized carbons (Fsp3) is 0.250. The van der Waals surface area contributed by atoms with Gasteiger partial charge < -0.3 is 11.1 Å². The van der Waals surface area contributed by atoms with E-state index in [1.807, 2.05) is 0 Å². The van der Waals surface area contributed by atoms with E-state index in [1.165, 1.54) is 0 Å². The Bertz CT molecular complexity index is 223. The highest BCUT2D eigenvalue weighted by Crippen LogP contribution is 2.04. The molecule has 0 aliphatic rings. The molecule has 0 aromatic carbocycles. The van der Waals surface area contributed by atoms with E-state index >= 15 is 0 Å². The minimum Gasteiger partial charge on any atom is -0.374 e. The van der Waals surface area contributed by atoms with Crippen LogP contribution in [-0.4, -0.2) is 15.8 Å². The fourth-order valence-electron chi connectivity index (χ4n) is 0.472. The molecule has 0 atom stereocenters. The molecule has 1 heterocycles. The monoisotopic (exact) mass is 158 g/mol. The summed E-state index contributed by atoms with van der Waals surface area (Å²) in [6.45, 7) is 0.344. The standard InChI is InChI=1S/C4H6N4OS/c5-4-7-3(8-10-4)1-6-2-9/h2H,1H2,(H,6,9)(H2,5,7,8). The summed E-state index contributed by atoms with van der Waals surface area (Å²) >= 11 is 1.12. The minimum absolute atomic E-state index is 0.344. The van der Waals surface area contributed by atoms with Gasteiger partial charge in [0.15, 0.2) is 11.0 Å². The van der Waals surface area contributed by atoms with E-state index in [4.69, 9.17) is 5.73 Å². The quantitative estimate of drug-likeness (QED) is 0.574. The molecule has 0 fully saturated rings. The first kappa shape index (κ1) is 6.94. The Kier molecular flexibility index (Phi) is 2.16. The Morgan fingerprint density at radius 3 is 3.10 bits per heavy atom. The van der Waals surface area contributed by atoms with E-state index in [0.717, 1.165) is 11.5 Å². The van der Waals surface area contributed by atoms with Gasteiger partial charge in [-0.15, -0.1) is 0 Å². The lowest BCUT2D eigenvalue weighted by atomic mass is 10.6. The third kappa shape index (κ3) is 1.66. The summed E-state index contributed by atoms with van der Waals surface area (Å²) in [7, 11) is 0. The van der Waals surface area contributed by atoms with E-state index < -0.39 is 0 Å². The van der Waals surface area contributed by atoms with E-state index in [0.29, 0.717) is 23.9 Å². The van der Waals surface area contributed by atoms with Crippen molar-refractivity contribution in [2.75, 3.05) is 5.73 Å². The van der Waals surface area contributed by atoms with Crippen LogP contribution in [0.5, 0.6) is 0 Å². The highest BCUT2D eigenvalue weighted by atomic mass is 32.1. The van der Waals surface area contributed by atoms with E-state index in [-0.39, 0.29) is 0 Å². The molecule has 10 heavy (non-hydrogen) atoms. The number of amides is 1. The largest absolute Gasteiger partial charge is 0.374 e. The Hall–Kier alpha value is -1.17. The predicted octanol–water partition coefficient (Wildman–Crippen LogP) is -0.634. The molecule has 0 aliphatic heterocycles. The van der Waals surface area contributed by atoms with Crippen molar-refractivity contribution >= 4 is 23.1 Å². The molecule has 0 radical (unpaired) electrons. The average molecular weight is 158 g/mol. The fourth-order valence-corrected chi connectivity index (χ4v) is 0.923. The number of nitrogens with two attached hydrogens (primary N) is 1. The second-order valence-electron chi connectivity index (χ2n) is 1.55. The first-order chi connectivity index (χ1) is 4.83. The topological polar surface area (TPSA) is 80.9 Å². The molecule has 1 aromatic rings. The van der Waals surface area contributed by atoms with Gasteiger partial charge in [0.1, 0.15) is 0 Å². The third-order valence-electron chi connectivity index (χ3n) is 0.827. The Balaban J connectivity index is 2.49. The molecular weight excluding hydrogens is 152 g/mol. The van der Waals surface area contributed by atoms with Gasteiger partial charge in [-0.05, 0) is 0 Å². The first-order valence-electron chi connectivity index (χ1n) is 2.58. The number of carbonyl (C=O) groups excluding carboxylic acids is 1. The van der Waals surface area contributed by atoms with Gasteiger partial charge in [-0.3, -0.25) is 4.79 Å². The van der Waals surface area contributed by atoms with E-state index in [1.54, 1.807) is 0 Å². The zero-order valence-corrected chi connectivity index (χ0v) is 5.89. The maximum Gasteiger partial charge on any atom is 0.207 e. The summed E-state index contributed by atoms with van der Waals surface area (Å²) in [4.78, 5) is 13.6. The van der Waals surface area contributed by atoms with Crippen molar-refractivity contribution in [3.63, 3.8) is 0 Å². The van der Waals surface area contributed by atoms with Crippen molar-refractivity contribution in [1.29, 1.82) is 0 Å². The van der Waals surface area contributed by atoms with Gasteiger partial charge >= 0.3 is 0 Å². The average Bonchev–Trinajstić information content (AvgIpc) is 2.31. The lowest BCUT2D eigenvalue weighted by molar-refractivity contribution is -0.109. The molecule has 0 unspecified atom stereocenters. The second kappa shape index (κ2) is 3.11. The first-order valence-corrected chi connectivity index (χ1v) is 3.35. The van der Waals surface area contributed by atoms with Crippen LogP contribution in [0.15, 0.2) is 0 Å². The summed E-state index contributed by atoms with van der Waals surface area (Å²) in [6, 6.07) is 0.